The van der Waals surface area contributed by atoms with Crippen LogP contribution < -0.4 is 4.90 Å². The van der Waals surface area contributed by atoms with Crippen LogP contribution in [0.3, 0.4) is 0 Å². The van der Waals surface area contributed by atoms with Gasteiger partial charge in [-0.15, -0.1) is 0 Å². The molecule has 4 heteroatoms. The highest BCUT2D eigenvalue weighted by atomic mass is 15.2. The van der Waals surface area contributed by atoms with Crippen molar-refractivity contribution >= 4 is 44.6 Å². The lowest BCUT2D eigenvalue weighted by Gasteiger charge is -2.45. The van der Waals surface area contributed by atoms with Crippen molar-refractivity contribution in [2.24, 2.45) is 0 Å². The Kier molecular flexibility index (Phi) is 9.52. The van der Waals surface area contributed by atoms with E-state index in [0.717, 1.165) is 94.8 Å². The monoisotopic (exact) mass is 926 g/mol. The lowest BCUT2D eigenvalue weighted by atomic mass is 9.64. The minimum Gasteiger partial charge on any atom is -0.310 e. The molecule has 73 heavy (non-hydrogen) atoms. The van der Waals surface area contributed by atoms with Crippen molar-refractivity contribution in [3.05, 3.63) is 294 Å². The van der Waals surface area contributed by atoms with Crippen LogP contribution in [0.15, 0.2) is 255 Å². The summed E-state index contributed by atoms with van der Waals surface area (Å²) in [6, 6.07) is 93.6. The van der Waals surface area contributed by atoms with Crippen molar-refractivity contribution in [3.63, 3.8) is 0 Å². The normalized spacial score (nSPS) is 14.0. The van der Waals surface area contributed by atoms with Gasteiger partial charge in [-0.05, 0) is 169 Å². The van der Waals surface area contributed by atoms with Crippen LogP contribution in [0.2, 0.25) is 0 Å². The average molecular weight is 927 g/mol. The van der Waals surface area contributed by atoms with Crippen LogP contribution in [-0.4, -0.2) is 4.57 Å². The largest absolute Gasteiger partial charge is 0.310 e. The van der Waals surface area contributed by atoms with E-state index < -0.39 is 5.41 Å². The standard InChI is InChI=1S/C69H42N4/c1-71-54-31-33-58-57-32-28-45(44-70)36-62(57)69(63(58)43-54)61-25-12-14-27-67(61)72(55-21-9-4-10-22-55)68-35-30-50(42-64(68)69)49-29-34-66-60(41-49)59-24-11-13-26-65(59)73(66)56-23-15-20-48(40-56)53-38-51(46-16-5-2-6-17-46)37-52(39-53)47-18-7-3-8-19-47/h2-43H. The molecule has 0 bridgehead atoms. The zero-order chi connectivity index (χ0) is 48.6. The zero-order valence-corrected chi connectivity index (χ0v) is 39.5. The van der Waals surface area contributed by atoms with Gasteiger partial charge in [-0.25, -0.2) is 4.85 Å². The van der Waals surface area contributed by atoms with Gasteiger partial charge in [0.25, 0.3) is 0 Å². The molecule has 0 radical (unpaired) electrons. The number of hydrogen-bond acceptors (Lipinski definition) is 2. The second-order valence-electron chi connectivity index (χ2n) is 19.0. The highest BCUT2D eigenvalue weighted by Crippen LogP contribution is 2.64. The fourth-order valence-corrected chi connectivity index (χ4v) is 12.0. The van der Waals surface area contributed by atoms with Gasteiger partial charge in [-0.1, -0.05) is 164 Å². The Morgan fingerprint density at radius 1 is 0.370 bits per heavy atom. The van der Waals surface area contributed by atoms with Gasteiger partial charge in [0.1, 0.15) is 0 Å². The summed E-state index contributed by atoms with van der Waals surface area (Å²) in [4.78, 5) is 6.35. The van der Waals surface area contributed by atoms with Crippen molar-refractivity contribution in [3.8, 4) is 67.4 Å². The van der Waals surface area contributed by atoms with E-state index in [0.29, 0.717) is 11.3 Å². The molecular formula is C69H42N4. The number of aromatic nitrogens is 1. The Hall–Kier alpha value is -10.0. The predicted octanol–water partition coefficient (Wildman–Crippen LogP) is 18.0. The number of rotatable bonds is 6. The first-order chi connectivity index (χ1) is 36.1. The topological polar surface area (TPSA) is 36.3 Å². The van der Waals surface area contributed by atoms with Crippen LogP contribution >= 0.6 is 0 Å². The van der Waals surface area contributed by atoms with E-state index in [-0.39, 0.29) is 0 Å². The van der Waals surface area contributed by atoms with E-state index in [1.54, 1.807) is 0 Å². The summed E-state index contributed by atoms with van der Waals surface area (Å²) in [6.45, 7) is 8.19. The summed E-state index contributed by atoms with van der Waals surface area (Å²) in [7, 11) is 0. The maximum Gasteiger partial charge on any atom is 0.187 e. The summed E-state index contributed by atoms with van der Waals surface area (Å²) in [5.41, 5.74) is 22.5. The second-order valence-corrected chi connectivity index (χ2v) is 19.0. The fourth-order valence-electron chi connectivity index (χ4n) is 12.0. The molecule has 0 amide bonds. The number of benzene rings is 11. The third-order valence-corrected chi connectivity index (χ3v) is 15.2. The van der Waals surface area contributed by atoms with Crippen LogP contribution in [0.5, 0.6) is 0 Å². The fraction of sp³-hybridized carbons (Fsp3) is 0.0145. The molecule has 14 rings (SSSR count). The molecule has 1 unspecified atom stereocenters. The summed E-state index contributed by atoms with van der Waals surface area (Å²) < 4.78 is 2.40. The molecular weight excluding hydrogens is 885 g/mol. The molecule has 338 valence electrons. The second kappa shape index (κ2) is 16.6. The summed E-state index contributed by atoms with van der Waals surface area (Å²) >= 11 is 0. The van der Waals surface area contributed by atoms with Crippen molar-refractivity contribution in [1.82, 2.24) is 4.57 Å². The van der Waals surface area contributed by atoms with E-state index in [1.807, 2.05) is 12.1 Å². The van der Waals surface area contributed by atoms with Gasteiger partial charge >= 0.3 is 0 Å². The third-order valence-electron chi connectivity index (χ3n) is 15.2. The van der Waals surface area contributed by atoms with E-state index in [2.05, 4.69) is 263 Å². The Bertz CT molecular complexity index is 4170. The van der Waals surface area contributed by atoms with Gasteiger partial charge in [-0.3, -0.25) is 0 Å². The Labute approximate surface area is 424 Å². The SMILES string of the molecule is [C-]#[N+]c1ccc2c(c1)C1(c3cc(C#N)ccc3-2)c2ccccc2N(c2ccccc2)c2ccc(-c3ccc4c(c3)c3ccccc3n4-c3cccc(-c4cc(-c5ccccc5)cc(-c5ccccc5)c4)c3)cc21. The number of hydrogen-bond donors (Lipinski definition) is 0. The van der Waals surface area contributed by atoms with E-state index in [4.69, 9.17) is 6.57 Å². The van der Waals surface area contributed by atoms with Gasteiger partial charge in [0.15, 0.2) is 5.69 Å². The average Bonchev–Trinajstić information content (AvgIpc) is 3.96. The number of nitriles is 1. The van der Waals surface area contributed by atoms with E-state index >= 15 is 0 Å². The van der Waals surface area contributed by atoms with Crippen LogP contribution in [0.1, 0.15) is 27.8 Å². The van der Waals surface area contributed by atoms with Crippen molar-refractivity contribution in [2.45, 2.75) is 5.41 Å². The maximum absolute atomic E-state index is 10.4. The molecule has 0 saturated heterocycles. The number of anilines is 3. The Morgan fingerprint density at radius 2 is 0.932 bits per heavy atom. The van der Waals surface area contributed by atoms with Gasteiger partial charge in [0.2, 0.25) is 0 Å². The predicted molar refractivity (Wildman–Crippen MR) is 299 cm³/mol. The molecule has 4 nitrogen and oxygen atoms in total. The molecule has 0 saturated carbocycles. The maximum atomic E-state index is 10.4. The molecule has 1 aliphatic carbocycles. The highest BCUT2D eigenvalue weighted by Gasteiger charge is 2.52. The molecule has 2 heterocycles. The molecule has 11 aromatic carbocycles. The molecule has 0 fully saturated rings. The lowest BCUT2D eigenvalue weighted by Crippen LogP contribution is -2.36. The molecule has 1 aromatic heterocycles. The van der Waals surface area contributed by atoms with Gasteiger partial charge in [0.05, 0.1) is 46.0 Å². The summed E-state index contributed by atoms with van der Waals surface area (Å²) in [5, 5.41) is 12.8. The highest BCUT2D eigenvalue weighted by molar-refractivity contribution is 6.11. The number of nitrogens with zero attached hydrogens (tertiary/aromatic N) is 4. The minimum absolute atomic E-state index is 0.581. The van der Waals surface area contributed by atoms with Crippen LogP contribution in [0, 0.1) is 17.9 Å². The van der Waals surface area contributed by atoms with Crippen molar-refractivity contribution < 1.29 is 0 Å². The third kappa shape index (κ3) is 6.45. The van der Waals surface area contributed by atoms with E-state index in [9.17, 15) is 5.26 Å². The lowest BCUT2D eigenvalue weighted by molar-refractivity contribution is 0.753. The molecule has 1 spiro atoms. The van der Waals surface area contributed by atoms with Gasteiger partial charge < -0.3 is 9.47 Å². The first-order valence-electron chi connectivity index (χ1n) is 24.7. The van der Waals surface area contributed by atoms with Gasteiger partial charge in [-0.2, -0.15) is 5.26 Å². The van der Waals surface area contributed by atoms with Crippen molar-refractivity contribution in [1.29, 1.82) is 5.26 Å². The number of para-hydroxylation sites is 3. The minimum atomic E-state index is -0.834. The Morgan fingerprint density at radius 3 is 1.67 bits per heavy atom. The first kappa shape index (κ1) is 41.9. The van der Waals surface area contributed by atoms with Crippen molar-refractivity contribution in [2.75, 3.05) is 4.90 Å². The summed E-state index contributed by atoms with van der Waals surface area (Å²) in [5.74, 6) is 0. The van der Waals surface area contributed by atoms with E-state index in [1.165, 1.54) is 27.6 Å². The smallest absolute Gasteiger partial charge is 0.187 e. The first-order valence-corrected chi connectivity index (χ1v) is 24.7. The molecule has 1 atom stereocenters. The molecule has 0 N–H and O–H groups in total. The van der Waals surface area contributed by atoms with Crippen LogP contribution in [0.25, 0.3) is 88.0 Å². The molecule has 2 aliphatic rings. The summed E-state index contributed by atoms with van der Waals surface area (Å²) in [6.07, 6.45) is 0. The van der Waals surface area contributed by atoms with Gasteiger partial charge in [0, 0.05) is 22.1 Å². The Balaban J connectivity index is 0.962. The van der Waals surface area contributed by atoms with Crippen LogP contribution in [-0.2, 0) is 5.41 Å². The molecule has 12 aromatic rings. The molecule has 1 aliphatic heterocycles. The van der Waals surface area contributed by atoms with Crippen LogP contribution in [0.4, 0.5) is 22.7 Å². The zero-order valence-electron chi connectivity index (χ0n) is 39.5. The number of fused-ring (bicyclic) bond motifs is 12. The quantitative estimate of drug-likeness (QED) is 0.156.